The van der Waals surface area contributed by atoms with E-state index in [1.807, 2.05) is 140 Å². The molecule has 15 heteroatoms. The average molecular weight is 1480 g/mol. The number of fused-ring (bicyclic) bond motifs is 15. The largest absolute Gasteiger partial charge is 0.456 e. The quantitative estimate of drug-likeness (QED) is 0.113. The van der Waals surface area contributed by atoms with E-state index < -0.39 is 0 Å². The lowest BCUT2D eigenvalue weighted by Crippen LogP contribution is -2.01. The smallest absolute Gasteiger partial charge is 0.180 e. The minimum Gasteiger partial charge on any atom is -0.456 e. The summed E-state index contributed by atoms with van der Waals surface area (Å²) >= 11 is 3.42. The van der Waals surface area contributed by atoms with Crippen LogP contribution in [-0.2, 0) is 0 Å². The van der Waals surface area contributed by atoms with Crippen LogP contribution in [0.25, 0.3) is 242 Å². The molecular formula is C98H54N10O3S2. The van der Waals surface area contributed by atoms with Crippen molar-refractivity contribution >= 4 is 129 Å². The van der Waals surface area contributed by atoms with Gasteiger partial charge in [-0.1, -0.05) is 249 Å². The Morgan fingerprint density at radius 3 is 1.12 bits per heavy atom. The number of furan rings is 3. The molecule has 23 aromatic rings. The third-order valence-corrected chi connectivity index (χ3v) is 23.7. The van der Waals surface area contributed by atoms with Gasteiger partial charge in [-0.25, -0.2) is 49.8 Å². The Morgan fingerprint density at radius 1 is 0.195 bits per heavy atom. The van der Waals surface area contributed by atoms with Gasteiger partial charge < -0.3 is 13.3 Å². The molecule has 0 saturated carbocycles. The Bertz CT molecular complexity index is 7770. The van der Waals surface area contributed by atoms with Gasteiger partial charge in [-0.05, 0) is 101 Å². The molecule has 0 spiro atoms. The fraction of sp³-hybridized carbons (Fsp3) is 0. The minimum absolute atomic E-state index is 0.533. The maximum absolute atomic E-state index is 6.87. The highest BCUT2D eigenvalue weighted by atomic mass is 32.1. The highest BCUT2D eigenvalue weighted by Crippen LogP contribution is 2.49. The van der Waals surface area contributed by atoms with Gasteiger partial charge in [0, 0.05) is 118 Å². The molecule has 0 aliphatic carbocycles. The van der Waals surface area contributed by atoms with Gasteiger partial charge in [0.1, 0.15) is 44.8 Å². The van der Waals surface area contributed by atoms with Crippen LogP contribution in [0.15, 0.2) is 341 Å². The molecule has 113 heavy (non-hydrogen) atoms. The lowest BCUT2D eigenvalue weighted by molar-refractivity contribution is 0.666. The number of hydrogen-bond donors (Lipinski definition) is 0. The molecule has 9 aromatic heterocycles. The summed E-state index contributed by atoms with van der Waals surface area (Å²) in [5.41, 5.74) is 19.9. The zero-order valence-electron chi connectivity index (χ0n) is 59.7. The molecular weight excluding hydrogens is 1430 g/mol. The van der Waals surface area contributed by atoms with Gasteiger partial charge in [0.2, 0.25) is 0 Å². The molecule has 0 N–H and O–H groups in total. The van der Waals surface area contributed by atoms with Crippen LogP contribution in [-0.4, -0.2) is 49.8 Å². The molecule has 0 aliphatic heterocycles. The first-order valence-electron chi connectivity index (χ1n) is 37.2. The van der Waals surface area contributed by atoms with Crippen LogP contribution in [0.1, 0.15) is 0 Å². The fourth-order valence-corrected chi connectivity index (χ4v) is 18.5. The van der Waals surface area contributed by atoms with Gasteiger partial charge in [0.25, 0.3) is 0 Å². The number of aromatic nitrogens is 10. The Balaban J connectivity index is 0.624. The summed E-state index contributed by atoms with van der Waals surface area (Å²) in [7, 11) is 0. The van der Waals surface area contributed by atoms with E-state index in [9.17, 15) is 0 Å². The van der Waals surface area contributed by atoms with Crippen molar-refractivity contribution in [2.75, 3.05) is 0 Å². The normalized spacial score (nSPS) is 11.9. The maximum atomic E-state index is 6.87. The second kappa shape index (κ2) is 25.9. The van der Waals surface area contributed by atoms with Crippen LogP contribution < -0.4 is 0 Å². The van der Waals surface area contributed by atoms with Crippen molar-refractivity contribution in [2.45, 2.75) is 0 Å². The van der Waals surface area contributed by atoms with E-state index in [0.29, 0.717) is 80.1 Å². The first-order chi connectivity index (χ1) is 56.0. The molecule has 0 amide bonds. The highest BCUT2D eigenvalue weighted by Gasteiger charge is 2.27. The van der Waals surface area contributed by atoms with Crippen molar-refractivity contribution in [2.24, 2.45) is 0 Å². The van der Waals surface area contributed by atoms with Crippen molar-refractivity contribution in [1.82, 2.24) is 49.8 Å². The van der Waals surface area contributed by atoms with E-state index in [1.165, 1.54) is 0 Å². The molecule has 14 aromatic carbocycles. The number of nitrogens with zero attached hydrogens (tertiary/aromatic N) is 10. The zero-order valence-corrected chi connectivity index (χ0v) is 61.3. The lowest BCUT2D eigenvalue weighted by Gasteiger charge is -2.13. The predicted molar refractivity (Wildman–Crippen MR) is 457 cm³/mol. The number of rotatable bonds is 12. The molecule has 0 aliphatic rings. The molecule has 0 bridgehead atoms. The highest BCUT2D eigenvalue weighted by molar-refractivity contribution is 7.27. The van der Waals surface area contributed by atoms with Crippen LogP contribution in [0.2, 0.25) is 0 Å². The second-order valence-electron chi connectivity index (χ2n) is 28.0. The van der Waals surface area contributed by atoms with E-state index in [-0.39, 0.29) is 0 Å². The number of hydrogen-bond acceptors (Lipinski definition) is 15. The van der Waals surface area contributed by atoms with E-state index >= 15 is 0 Å². The Hall–Kier alpha value is -14.9. The molecule has 13 nitrogen and oxygen atoms in total. The summed E-state index contributed by atoms with van der Waals surface area (Å²) in [6, 6.07) is 112. The second-order valence-corrected chi connectivity index (χ2v) is 30.1. The fourth-order valence-electron chi connectivity index (χ4n) is 16.0. The Morgan fingerprint density at radius 2 is 0.575 bits per heavy atom. The van der Waals surface area contributed by atoms with Gasteiger partial charge in [0.05, 0.1) is 0 Å². The lowest BCUT2D eigenvalue weighted by atomic mass is 9.97. The van der Waals surface area contributed by atoms with Crippen LogP contribution in [0.3, 0.4) is 0 Å². The van der Waals surface area contributed by atoms with Crippen LogP contribution in [0, 0.1) is 0 Å². The zero-order chi connectivity index (χ0) is 74.2. The van der Waals surface area contributed by atoms with Crippen molar-refractivity contribution in [1.29, 1.82) is 0 Å². The third kappa shape index (κ3) is 10.7. The summed E-state index contributed by atoms with van der Waals surface area (Å²) in [5, 5.41) is 7.87. The third-order valence-electron chi connectivity index (χ3n) is 21.3. The van der Waals surface area contributed by atoms with E-state index in [1.54, 1.807) is 22.7 Å². The minimum atomic E-state index is 0.533. The van der Waals surface area contributed by atoms with Crippen LogP contribution in [0.4, 0.5) is 0 Å². The standard InChI is InChI=1S/C98H54N10O3S2/c1-5-24-55(25-6-1)59-32-19-33-61(52-59)83-87-85(66-36-15-17-44-75(66)110-87)101-97(99-83)72-42-21-39-69-82-71(41-23-47-80(82)113-90(69)72)96-107-93(58-30-11-4-12-31-58)104-94(108-96)65-35-14-13-34-63(65)60-49-51-77-74(53-60)64-50-48-62(54-78(64)109-77)84-88-86(67-37-16-18-45-76(67)111-88)102-98(100-84)73-43-20-38-68-81-70(40-22-46-79(81)112-89(68)73)95-105-91(56-26-7-2-8-27-56)103-92(106-95)57-28-9-3-10-29-57/h1-54H. The van der Waals surface area contributed by atoms with E-state index in [2.05, 4.69) is 188 Å². The topological polar surface area (TPSA) is 168 Å². The molecule has 9 heterocycles. The van der Waals surface area contributed by atoms with Crippen molar-refractivity contribution in [3.63, 3.8) is 0 Å². The molecule has 526 valence electrons. The molecule has 0 saturated heterocycles. The molecule has 0 fully saturated rings. The monoisotopic (exact) mass is 1480 g/mol. The van der Waals surface area contributed by atoms with Gasteiger partial charge in [-0.15, -0.1) is 22.7 Å². The van der Waals surface area contributed by atoms with Gasteiger partial charge in [-0.2, -0.15) is 0 Å². The number of thiophene rings is 2. The molecule has 0 radical (unpaired) electrons. The Labute approximate surface area is 651 Å². The first-order valence-corrected chi connectivity index (χ1v) is 38.8. The average Bonchev–Trinajstić information content (AvgIpc) is 1.60. The van der Waals surface area contributed by atoms with Crippen molar-refractivity contribution in [3.05, 3.63) is 328 Å². The SMILES string of the molecule is c1ccc(-c2cccc(-c3nc(-c4cccc5c4sc4cccc(-c6nc(-c7ccccc7)nc(-c7ccccc7-c7ccc8oc9cc(-c%10nc(-c%11cccc%12c%11sc%11cccc(-c%13nc(-c%14ccccc%14)nc(-c%14ccccc%14)n%13)c%11%12)nc%11c%10oc%10ccccc%10%11)ccc9c8c7)n6)c45)nc4c3oc3ccccc34)c2)cc1. The van der Waals surface area contributed by atoms with Gasteiger partial charge in [-0.3, -0.25) is 0 Å². The van der Waals surface area contributed by atoms with E-state index in [0.717, 1.165) is 162 Å². The molecule has 0 atom stereocenters. The summed E-state index contributed by atoms with van der Waals surface area (Å²) in [4.78, 5) is 53.3. The summed E-state index contributed by atoms with van der Waals surface area (Å²) in [5.74, 6) is 4.59. The Kier molecular flexibility index (Phi) is 14.7. The van der Waals surface area contributed by atoms with E-state index in [4.69, 9.17) is 63.1 Å². The van der Waals surface area contributed by atoms with Crippen LogP contribution >= 0.6 is 22.7 Å². The summed E-state index contributed by atoms with van der Waals surface area (Å²) < 4.78 is 24.5. The summed E-state index contributed by atoms with van der Waals surface area (Å²) in [6.45, 7) is 0. The first kappa shape index (κ1) is 64.1. The van der Waals surface area contributed by atoms with Crippen molar-refractivity contribution in [3.8, 4) is 136 Å². The molecule has 23 rings (SSSR count). The van der Waals surface area contributed by atoms with Gasteiger partial charge >= 0.3 is 0 Å². The van der Waals surface area contributed by atoms with Gasteiger partial charge in [0.15, 0.2) is 57.8 Å². The summed E-state index contributed by atoms with van der Waals surface area (Å²) in [6.07, 6.45) is 0. The van der Waals surface area contributed by atoms with Crippen molar-refractivity contribution < 1.29 is 13.3 Å². The number of benzene rings is 14. The predicted octanol–water partition coefficient (Wildman–Crippen LogP) is 26.1. The van der Waals surface area contributed by atoms with Crippen LogP contribution in [0.5, 0.6) is 0 Å². The molecule has 0 unspecified atom stereocenters. The maximum Gasteiger partial charge on any atom is 0.180 e. The number of para-hydroxylation sites is 2.